The number of rotatable bonds is 6. The molecule has 134 valence electrons. The molecule has 2 aliphatic rings. The summed E-state index contributed by atoms with van der Waals surface area (Å²) in [4.78, 5) is 17.3. The van der Waals surface area contributed by atoms with E-state index in [0.29, 0.717) is 24.3 Å². The molecule has 24 heavy (non-hydrogen) atoms. The first kappa shape index (κ1) is 17.5. The molecule has 0 bridgehead atoms. The second-order valence-corrected chi connectivity index (χ2v) is 7.90. The fraction of sp³-hybridized carbons (Fsp3) is 0.789. The van der Waals surface area contributed by atoms with E-state index in [0.717, 1.165) is 50.0 Å². The summed E-state index contributed by atoms with van der Waals surface area (Å²) in [6, 6.07) is 0.338. The zero-order valence-electron chi connectivity index (χ0n) is 15.5. The van der Waals surface area contributed by atoms with Gasteiger partial charge in [0.2, 0.25) is 5.91 Å². The molecule has 5 nitrogen and oxygen atoms in total. The number of hydrogen-bond acceptors (Lipinski definition) is 4. The van der Waals surface area contributed by atoms with Gasteiger partial charge in [0, 0.05) is 44.2 Å². The van der Waals surface area contributed by atoms with Crippen LogP contribution >= 0.6 is 0 Å². The fourth-order valence-electron chi connectivity index (χ4n) is 3.76. The van der Waals surface area contributed by atoms with Crippen molar-refractivity contribution in [3.8, 4) is 0 Å². The number of carbonyl (C=O) groups excluding carboxylic acids is 1. The Morgan fingerprint density at radius 1 is 1.29 bits per heavy atom. The molecule has 0 spiro atoms. The van der Waals surface area contributed by atoms with Crippen molar-refractivity contribution in [3.05, 3.63) is 17.0 Å². The molecule has 1 amide bonds. The lowest BCUT2D eigenvalue weighted by molar-refractivity contribution is -0.133. The van der Waals surface area contributed by atoms with Crippen LogP contribution in [-0.4, -0.2) is 53.1 Å². The average Bonchev–Trinajstić information content (AvgIpc) is 3.32. The second-order valence-electron chi connectivity index (χ2n) is 7.90. The molecule has 0 aromatic carbocycles. The highest BCUT2D eigenvalue weighted by atomic mass is 16.5. The van der Waals surface area contributed by atoms with Gasteiger partial charge in [0.15, 0.2) is 0 Å². The van der Waals surface area contributed by atoms with Gasteiger partial charge in [0.25, 0.3) is 0 Å². The minimum atomic E-state index is 0.338. The maximum absolute atomic E-state index is 12.7. The first-order valence-electron chi connectivity index (χ1n) is 9.39. The van der Waals surface area contributed by atoms with Crippen LogP contribution in [0.4, 0.5) is 0 Å². The van der Waals surface area contributed by atoms with Gasteiger partial charge in [-0.2, -0.15) is 0 Å². The van der Waals surface area contributed by atoms with Crippen LogP contribution in [0.1, 0.15) is 50.1 Å². The lowest BCUT2D eigenvalue weighted by Crippen LogP contribution is -2.47. The summed E-state index contributed by atoms with van der Waals surface area (Å²) in [6.45, 7) is 12.3. The van der Waals surface area contributed by atoms with E-state index in [1.165, 1.54) is 18.4 Å². The first-order valence-corrected chi connectivity index (χ1v) is 9.39. The van der Waals surface area contributed by atoms with E-state index in [9.17, 15) is 4.79 Å². The monoisotopic (exact) mass is 333 g/mol. The fourth-order valence-corrected chi connectivity index (χ4v) is 3.76. The van der Waals surface area contributed by atoms with E-state index in [4.69, 9.17) is 4.52 Å². The summed E-state index contributed by atoms with van der Waals surface area (Å²) >= 11 is 0. The van der Waals surface area contributed by atoms with Crippen LogP contribution < -0.4 is 0 Å². The lowest BCUT2D eigenvalue weighted by Gasteiger charge is -2.35. The van der Waals surface area contributed by atoms with E-state index in [1.807, 2.05) is 13.8 Å². The Labute approximate surface area is 145 Å². The standard InChI is InChI=1S/C19H31N3O2/c1-13(2)18-12-21(9-7-17-14(3)20-24-15(17)4)10-8-19(23)22(18)11-16-5-6-16/h13,16,18H,5-12H2,1-4H3/t18-/m0/s1. The summed E-state index contributed by atoms with van der Waals surface area (Å²) in [5.74, 6) is 2.52. The average molecular weight is 333 g/mol. The largest absolute Gasteiger partial charge is 0.361 e. The van der Waals surface area contributed by atoms with Crippen molar-refractivity contribution in [2.24, 2.45) is 11.8 Å². The number of aromatic nitrogens is 1. The Kier molecular flexibility index (Phi) is 5.28. The maximum Gasteiger partial charge on any atom is 0.224 e. The summed E-state index contributed by atoms with van der Waals surface area (Å²) in [6.07, 6.45) is 4.19. The van der Waals surface area contributed by atoms with Crippen LogP contribution in [0.2, 0.25) is 0 Å². The van der Waals surface area contributed by atoms with Crippen molar-refractivity contribution in [1.82, 2.24) is 15.0 Å². The Morgan fingerprint density at radius 3 is 2.62 bits per heavy atom. The molecule has 0 N–H and O–H groups in total. The summed E-state index contributed by atoms with van der Waals surface area (Å²) < 4.78 is 5.27. The summed E-state index contributed by atoms with van der Waals surface area (Å²) in [5, 5.41) is 4.05. The molecule has 1 atom stereocenters. The van der Waals surface area contributed by atoms with E-state index in [-0.39, 0.29) is 0 Å². The highest BCUT2D eigenvalue weighted by molar-refractivity contribution is 5.77. The molecule has 0 radical (unpaired) electrons. The van der Waals surface area contributed by atoms with Crippen molar-refractivity contribution >= 4 is 5.91 Å². The van der Waals surface area contributed by atoms with Crippen LogP contribution in [-0.2, 0) is 11.2 Å². The molecule has 1 saturated heterocycles. The van der Waals surface area contributed by atoms with Crippen LogP contribution in [0.25, 0.3) is 0 Å². The van der Waals surface area contributed by atoms with Gasteiger partial charge in [-0.3, -0.25) is 4.79 Å². The Bertz CT molecular complexity index is 558. The van der Waals surface area contributed by atoms with Crippen LogP contribution in [0.3, 0.4) is 0 Å². The van der Waals surface area contributed by atoms with E-state index >= 15 is 0 Å². The topological polar surface area (TPSA) is 49.6 Å². The van der Waals surface area contributed by atoms with Gasteiger partial charge in [-0.05, 0) is 44.9 Å². The van der Waals surface area contributed by atoms with Crippen molar-refractivity contribution in [3.63, 3.8) is 0 Å². The molecule has 5 heteroatoms. The third-order valence-corrected chi connectivity index (χ3v) is 5.59. The van der Waals surface area contributed by atoms with Gasteiger partial charge in [-0.1, -0.05) is 19.0 Å². The van der Waals surface area contributed by atoms with Gasteiger partial charge in [-0.15, -0.1) is 0 Å². The molecule has 1 saturated carbocycles. The smallest absolute Gasteiger partial charge is 0.224 e. The molecule has 1 aromatic heterocycles. The highest BCUT2D eigenvalue weighted by Crippen LogP contribution is 2.32. The minimum absolute atomic E-state index is 0.338. The van der Waals surface area contributed by atoms with Crippen LogP contribution in [0, 0.1) is 25.7 Å². The summed E-state index contributed by atoms with van der Waals surface area (Å²) in [7, 11) is 0. The predicted molar refractivity (Wildman–Crippen MR) is 93.8 cm³/mol. The number of carbonyl (C=O) groups is 1. The lowest BCUT2D eigenvalue weighted by atomic mass is 10.0. The van der Waals surface area contributed by atoms with Crippen molar-refractivity contribution in [2.75, 3.05) is 26.2 Å². The van der Waals surface area contributed by atoms with Gasteiger partial charge in [0.1, 0.15) is 5.76 Å². The zero-order valence-corrected chi connectivity index (χ0v) is 15.5. The number of amides is 1. The maximum atomic E-state index is 12.7. The highest BCUT2D eigenvalue weighted by Gasteiger charge is 2.35. The Hall–Kier alpha value is -1.36. The van der Waals surface area contributed by atoms with Gasteiger partial charge in [-0.25, -0.2) is 0 Å². The zero-order chi connectivity index (χ0) is 17.3. The van der Waals surface area contributed by atoms with E-state index in [1.54, 1.807) is 0 Å². The van der Waals surface area contributed by atoms with Crippen molar-refractivity contribution in [1.29, 1.82) is 0 Å². The van der Waals surface area contributed by atoms with Crippen molar-refractivity contribution in [2.45, 2.75) is 59.4 Å². The molecular weight excluding hydrogens is 302 g/mol. The third-order valence-electron chi connectivity index (χ3n) is 5.59. The molecule has 2 heterocycles. The number of aryl methyl sites for hydroxylation is 2. The van der Waals surface area contributed by atoms with E-state index < -0.39 is 0 Å². The van der Waals surface area contributed by atoms with Gasteiger partial charge >= 0.3 is 0 Å². The SMILES string of the molecule is Cc1noc(C)c1CCN1CCC(=O)N(CC2CC2)[C@H](C(C)C)C1. The van der Waals surface area contributed by atoms with Gasteiger partial charge < -0.3 is 14.3 Å². The molecule has 1 aliphatic heterocycles. The Balaban J connectivity index is 1.65. The Morgan fingerprint density at radius 2 is 2.04 bits per heavy atom. The third kappa shape index (κ3) is 4.00. The minimum Gasteiger partial charge on any atom is -0.361 e. The predicted octanol–water partition coefficient (Wildman–Crippen LogP) is 2.80. The normalized spacial score (nSPS) is 23.1. The quantitative estimate of drug-likeness (QED) is 0.803. The molecule has 2 fully saturated rings. The molecular formula is C19H31N3O2. The second kappa shape index (κ2) is 7.26. The molecule has 1 aliphatic carbocycles. The van der Waals surface area contributed by atoms with Crippen LogP contribution in [0.5, 0.6) is 0 Å². The van der Waals surface area contributed by atoms with Crippen molar-refractivity contribution < 1.29 is 9.32 Å². The molecule has 0 unspecified atom stereocenters. The first-order chi connectivity index (χ1) is 11.5. The molecule has 3 rings (SSSR count). The van der Waals surface area contributed by atoms with E-state index in [2.05, 4.69) is 28.8 Å². The number of hydrogen-bond donors (Lipinski definition) is 0. The van der Waals surface area contributed by atoms with Gasteiger partial charge in [0.05, 0.1) is 5.69 Å². The number of nitrogens with zero attached hydrogens (tertiary/aromatic N) is 3. The van der Waals surface area contributed by atoms with Crippen LogP contribution in [0.15, 0.2) is 4.52 Å². The summed E-state index contributed by atoms with van der Waals surface area (Å²) in [5.41, 5.74) is 2.22. The molecule has 1 aromatic rings.